The Morgan fingerprint density at radius 1 is 1.17 bits per heavy atom. The largest absolute Gasteiger partial charge is 0.390 e. The van der Waals surface area contributed by atoms with Gasteiger partial charge < -0.3 is 0 Å². The fourth-order valence-corrected chi connectivity index (χ4v) is 3.97. The van der Waals surface area contributed by atoms with Crippen molar-refractivity contribution in [1.82, 2.24) is 0 Å². The van der Waals surface area contributed by atoms with Gasteiger partial charge in [-0.2, -0.15) is 13.2 Å². The highest BCUT2D eigenvalue weighted by Crippen LogP contribution is 2.30. The molecule has 1 saturated carbocycles. The molecule has 0 aromatic heterocycles. The predicted octanol–water partition coefficient (Wildman–Crippen LogP) is 2.79. The lowest BCUT2D eigenvalue weighted by molar-refractivity contribution is -0.129. The van der Waals surface area contributed by atoms with E-state index in [1.54, 1.807) is 0 Å². The quantitative estimate of drug-likeness (QED) is 0.743. The number of hydrogen-bond acceptors (Lipinski definition) is 2. The highest BCUT2D eigenvalue weighted by atomic mass is 32.2. The zero-order chi connectivity index (χ0) is 13.8. The monoisotopic (exact) mass is 282 g/mol. The molecule has 0 aliphatic heterocycles. The fraction of sp³-hybridized carbons (Fsp3) is 0.833. The van der Waals surface area contributed by atoms with Gasteiger partial charge in [-0.25, -0.2) is 8.42 Å². The van der Waals surface area contributed by atoms with Gasteiger partial charge in [-0.3, -0.25) is 0 Å². The first kappa shape index (κ1) is 15.4. The molecule has 0 saturated heterocycles. The van der Waals surface area contributed by atoms with Crippen LogP contribution in [0.3, 0.4) is 0 Å². The summed E-state index contributed by atoms with van der Waals surface area (Å²) in [7, 11) is -3.61. The number of sulfone groups is 1. The van der Waals surface area contributed by atoms with Gasteiger partial charge in [0, 0.05) is 5.92 Å². The molecule has 0 aromatic carbocycles. The molecule has 0 bridgehead atoms. The van der Waals surface area contributed by atoms with E-state index < -0.39 is 28.2 Å². The second kappa shape index (κ2) is 5.96. The minimum absolute atomic E-state index is 0.0344. The van der Waals surface area contributed by atoms with E-state index in [0.29, 0.717) is 12.8 Å². The van der Waals surface area contributed by atoms with E-state index in [1.807, 2.05) is 0 Å². The first-order valence-corrected chi connectivity index (χ1v) is 7.77. The van der Waals surface area contributed by atoms with Gasteiger partial charge in [-0.05, 0) is 31.6 Å². The Bertz CT molecular complexity index is 398. The zero-order valence-electron chi connectivity index (χ0n) is 10.0. The van der Waals surface area contributed by atoms with Crippen molar-refractivity contribution in [3.63, 3.8) is 0 Å². The molecule has 0 spiro atoms. The van der Waals surface area contributed by atoms with Crippen LogP contribution in [0.5, 0.6) is 0 Å². The Morgan fingerprint density at radius 2 is 1.72 bits per heavy atom. The molecule has 1 fully saturated rings. The summed E-state index contributed by atoms with van der Waals surface area (Å²) in [5, 5.41) is 0. The Labute approximate surface area is 106 Å². The van der Waals surface area contributed by atoms with E-state index in [2.05, 4.69) is 5.92 Å². The van der Waals surface area contributed by atoms with Crippen molar-refractivity contribution >= 4 is 9.84 Å². The molecule has 1 aliphatic carbocycles. The van der Waals surface area contributed by atoms with Gasteiger partial charge in [0.2, 0.25) is 0 Å². The van der Waals surface area contributed by atoms with Gasteiger partial charge in [0.15, 0.2) is 9.84 Å². The van der Waals surface area contributed by atoms with Crippen molar-refractivity contribution in [3.8, 4) is 12.3 Å². The van der Waals surface area contributed by atoms with Gasteiger partial charge in [0.05, 0.1) is 17.9 Å². The van der Waals surface area contributed by atoms with Crippen LogP contribution in [-0.4, -0.2) is 26.1 Å². The van der Waals surface area contributed by atoms with E-state index >= 15 is 0 Å². The second-order valence-electron chi connectivity index (χ2n) is 4.86. The Hall–Kier alpha value is -0.700. The molecular weight excluding hydrogens is 265 g/mol. The third-order valence-corrected chi connectivity index (χ3v) is 5.07. The molecule has 0 atom stereocenters. The highest BCUT2D eigenvalue weighted by Gasteiger charge is 2.31. The summed E-state index contributed by atoms with van der Waals surface area (Å²) in [5.74, 6) is 1.85. The van der Waals surface area contributed by atoms with Crippen LogP contribution in [0, 0.1) is 24.2 Å². The van der Waals surface area contributed by atoms with Crippen molar-refractivity contribution in [1.29, 1.82) is 0 Å². The van der Waals surface area contributed by atoms with Gasteiger partial charge in [0.1, 0.15) is 0 Å². The minimum Gasteiger partial charge on any atom is -0.229 e. The van der Waals surface area contributed by atoms with Crippen molar-refractivity contribution in [2.75, 3.05) is 11.5 Å². The number of halogens is 3. The van der Waals surface area contributed by atoms with E-state index in [9.17, 15) is 21.6 Å². The maximum Gasteiger partial charge on any atom is 0.390 e. The maximum atomic E-state index is 12.0. The number of terminal acetylenes is 1. The average Bonchev–Trinajstić information content (AvgIpc) is 2.26. The van der Waals surface area contributed by atoms with Crippen LogP contribution in [0.2, 0.25) is 0 Å². The fourth-order valence-electron chi connectivity index (χ4n) is 2.21. The van der Waals surface area contributed by atoms with Crippen LogP contribution in [0.25, 0.3) is 0 Å². The molecule has 6 heteroatoms. The first-order chi connectivity index (χ1) is 8.22. The summed E-state index contributed by atoms with van der Waals surface area (Å²) in [5.41, 5.74) is 0. The van der Waals surface area contributed by atoms with Crippen LogP contribution >= 0.6 is 0 Å². The Morgan fingerprint density at radius 3 is 2.17 bits per heavy atom. The summed E-state index contributed by atoms with van der Waals surface area (Å²) in [4.78, 5) is 0. The SMILES string of the molecule is C#CC1CCC(CS(=O)(=O)CCC(F)(F)F)CC1. The van der Waals surface area contributed by atoms with E-state index in [-0.39, 0.29) is 17.6 Å². The number of hydrogen-bond donors (Lipinski definition) is 0. The average molecular weight is 282 g/mol. The predicted molar refractivity (Wildman–Crippen MR) is 63.6 cm³/mol. The summed E-state index contributed by atoms with van der Waals surface area (Å²) in [6.07, 6.45) is 2.55. The third-order valence-electron chi connectivity index (χ3n) is 3.27. The van der Waals surface area contributed by atoms with Gasteiger partial charge >= 0.3 is 6.18 Å². The van der Waals surface area contributed by atoms with Crippen LogP contribution < -0.4 is 0 Å². The molecular formula is C12H17F3O2S. The van der Waals surface area contributed by atoms with Crippen molar-refractivity contribution < 1.29 is 21.6 Å². The highest BCUT2D eigenvalue weighted by molar-refractivity contribution is 7.91. The summed E-state index contributed by atoms with van der Waals surface area (Å²) in [6, 6.07) is 0. The van der Waals surface area contributed by atoms with E-state index in [4.69, 9.17) is 6.42 Å². The Kier molecular flexibility index (Phi) is 5.09. The van der Waals surface area contributed by atoms with Gasteiger partial charge in [0.25, 0.3) is 0 Å². The maximum absolute atomic E-state index is 12.0. The minimum atomic E-state index is -4.41. The lowest BCUT2D eigenvalue weighted by atomic mass is 9.83. The number of rotatable bonds is 4. The van der Waals surface area contributed by atoms with E-state index in [1.165, 1.54) is 0 Å². The topological polar surface area (TPSA) is 34.1 Å². The summed E-state index contributed by atoms with van der Waals surface area (Å²) >= 11 is 0. The smallest absolute Gasteiger partial charge is 0.229 e. The standard InChI is InChI=1S/C12H17F3O2S/c1-2-10-3-5-11(6-4-10)9-18(16,17)8-7-12(13,14)15/h1,10-11H,3-9H2. The zero-order valence-corrected chi connectivity index (χ0v) is 10.9. The molecule has 0 N–H and O–H groups in total. The summed E-state index contributed by atoms with van der Waals surface area (Å²) in [6.45, 7) is 0. The molecule has 0 radical (unpaired) electrons. The Balaban J connectivity index is 2.40. The van der Waals surface area contributed by atoms with Crippen molar-refractivity contribution in [2.45, 2.75) is 38.3 Å². The van der Waals surface area contributed by atoms with Crippen molar-refractivity contribution in [3.05, 3.63) is 0 Å². The molecule has 1 rings (SSSR count). The first-order valence-electron chi connectivity index (χ1n) is 5.95. The van der Waals surface area contributed by atoms with Crippen LogP contribution in [-0.2, 0) is 9.84 Å². The normalized spacial score (nSPS) is 25.7. The van der Waals surface area contributed by atoms with Crippen molar-refractivity contribution in [2.24, 2.45) is 11.8 Å². The van der Waals surface area contributed by atoms with Crippen LogP contribution in [0.15, 0.2) is 0 Å². The lowest BCUT2D eigenvalue weighted by Gasteiger charge is -2.25. The van der Waals surface area contributed by atoms with Crippen LogP contribution in [0.4, 0.5) is 13.2 Å². The molecule has 2 nitrogen and oxygen atoms in total. The second-order valence-corrected chi connectivity index (χ2v) is 7.09. The third kappa shape index (κ3) is 5.76. The summed E-state index contributed by atoms with van der Waals surface area (Å²) < 4.78 is 59.0. The molecule has 1 aliphatic rings. The van der Waals surface area contributed by atoms with Gasteiger partial charge in [-0.1, -0.05) is 0 Å². The molecule has 0 amide bonds. The molecule has 0 aromatic rings. The molecule has 0 heterocycles. The molecule has 104 valence electrons. The van der Waals surface area contributed by atoms with E-state index in [0.717, 1.165) is 12.8 Å². The number of alkyl halides is 3. The lowest BCUT2D eigenvalue weighted by Crippen LogP contribution is -2.25. The van der Waals surface area contributed by atoms with Gasteiger partial charge in [-0.15, -0.1) is 12.3 Å². The molecule has 0 unspecified atom stereocenters. The van der Waals surface area contributed by atoms with Crippen LogP contribution in [0.1, 0.15) is 32.1 Å². The molecule has 18 heavy (non-hydrogen) atoms.